The molecule has 86 valence electrons. The van der Waals surface area contributed by atoms with Gasteiger partial charge in [0.1, 0.15) is 0 Å². The summed E-state index contributed by atoms with van der Waals surface area (Å²) in [5.41, 5.74) is 2.49. The molecule has 1 unspecified atom stereocenters. The molecule has 0 aliphatic heterocycles. The molecule has 1 atom stereocenters. The molecule has 16 heavy (non-hydrogen) atoms. The Labute approximate surface area is 97.4 Å². The zero-order valence-electron chi connectivity index (χ0n) is 9.24. The Balaban J connectivity index is 2.40. The first-order chi connectivity index (χ1) is 7.74. The molecular weight excluding hydrogens is 224 g/mol. The van der Waals surface area contributed by atoms with Gasteiger partial charge in [0.15, 0.2) is 5.58 Å². The van der Waals surface area contributed by atoms with Gasteiger partial charge in [-0.15, -0.1) is 0 Å². The van der Waals surface area contributed by atoms with Gasteiger partial charge in [-0.1, -0.05) is 6.07 Å². The van der Waals surface area contributed by atoms with Crippen LogP contribution in [0.1, 0.15) is 11.6 Å². The van der Waals surface area contributed by atoms with Crippen LogP contribution < -0.4 is 11.1 Å². The highest BCUT2D eigenvalue weighted by Crippen LogP contribution is 2.20. The second-order valence-electron chi connectivity index (χ2n) is 3.57. The third kappa shape index (κ3) is 2.15. The summed E-state index contributed by atoms with van der Waals surface area (Å²) in [6.45, 7) is 0. The SMILES string of the molecule is CNC(CSC)c1ccc2[nH]c(=O)oc2c1. The highest BCUT2D eigenvalue weighted by Gasteiger charge is 2.10. The first-order valence-electron chi connectivity index (χ1n) is 5.03. The molecule has 1 aromatic heterocycles. The number of nitrogens with one attached hydrogen (secondary N) is 2. The number of rotatable bonds is 4. The number of thioether (sulfide) groups is 1. The number of fused-ring (bicyclic) bond motifs is 1. The van der Waals surface area contributed by atoms with Crippen LogP contribution in [0.15, 0.2) is 27.4 Å². The van der Waals surface area contributed by atoms with Crippen molar-refractivity contribution < 1.29 is 4.42 Å². The second-order valence-corrected chi connectivity index (χ2v) is 4.48. The van der Waals surface area contributed by atoms with Crippen LogP contribution in [-0.4, -0.2) is 24.0 Å². The Morgan fingerprint density at radius 1 is 1.56 bits per heavy atom. The number of H-pyrrole nitrogens is 1. The molecule has 2 N–H and O–H groups in total. The fraction of sp³-hybridized carbons (Fsp3) is 0.364. The smallest absolute Gasteiger partial charge is 0.408 e. The lowest BCUT2D eigenvalue weighted by Gasteiger charge is -2.14. The number of aromatic amines is 1. The minimum Gasteiger partial charge on any atom is -0.408 e. The van der Waals surface area contributed by atoms with Crippen molar-refractivity contribution in [1.29, 1.82) is 0 Å². The average molecular weight is 238 g/mol. The van der Waals surface area contributed by atoms with Crippen molar-refractivity contribution in [3.8, 4) is 0 Å². The Morgan fingerprint density at radius 2 is 2.38 bits per heavy atom. The first-order valence-corrected chi connectivity index (χ1v) is 6.43. The van der Waals surface area contributed by atoms with Gasteiger partial charge in [0.25, 0.3) is 0 Å². The molecule has 4 nitrogen and oxygen atoms in total. The van der Waals surface area contributed by atoms with Crippen LogP contribution in [0.3, 0.4) is 0 Å². The van der Waals surface area contributed by atoms with E-state index in [1.54, 1.807) is 11.8 Å². The average Bonchev–Trinajstić information content (AvgIpc) is 2.64. The van der Waals surface area contributed by atoms with Gasteiger partial charge in [0, 0.05) is 11.8 Å². The molecule has 1 heterocycles. The van der Waals surface area contributed by atoms with Gasteiger partial charge in [-0.3, -0.25) is 4.98 Å². The Morgan fingerprint density at radius 3 is 3.06 bits per heavy atom. The molecule has 1 aromatic carbocycles. The van der Waals surface area contributed by atoms with E-state index in [0.717, 1.165) is 16.8 Å². The highest BCUT2D eigenvalue weighted by atomic mass is 32.2. The Kier molecular flexibility index (Phi) is 3.36. The van der Waals surface area contributed by atoms with Crippen LogP contribution >= 0.6 is 11.8 Å². The summed E-state index contributed by atoms with van der Waals surface area (Å²) < 4.78 is 5.04. The van der Waals surface area contributed by atoms with Gasteiger partial charge in [-0.25, -0.2) is 4.79 Å². The van der Waals surface area contributed by atoms with E-state index in [-0.39, 0.29) is 6.04 Å². The summed E-state index contributed by atoms with van der Waals surface area (Å²) >= 11 is 1.78. The lowest BCUT2D eigenvalue weighted by molar-refractivity contribution is 0.554. The third-order valence-corrected chi connectivity index (χ3v) is 3.20. The number of hydrogen-bond donors (Lipinski definition) is 2. The summed E-state index contributed by atoms with van der Waals surface area (Å²) in [7, 11) is 1.93. The standard InChI is InChI=1S/C11H14N2O2S/c1-12-9(6-16-2)7-3-4-8-10(5-7)15-11(14)13-8/h3-5,9,12H,6H2,1-2H3,(H,13,14). The monoisotopic (exact) mass is 238 g/mol. The zero-order valence-corrected chi connectivity index (χ0v) is 10.1. The van der Waals surface area contributed by atoms with Crippen LogP contribution in [0.2, 0.25) is 0 Å². The van der Waals surface area contributed by atoms with Gasteiger partial charge in [-0.05, 0) is 31.0 Å². The molecule has 0 aliphatic rings. The molecule has 2 rings (SSSR count). The van der Waals surface area contributed by atoms with Crippen LogP contribution in [0.25, 0.3) is 11.1 Å². The van der Waals surface area contributed by atoms with Gasteiger partial charge < -0.3 is 9.73 Å². The van der Waals surface area contributed by atoms with E-state index in [9.17, 15) is 4.79 Å². The topological polar surface area (TPSA) is 58.0 Å². The van der Waals surface area contributed by atoms with Gasteiger partial charge in [0.05, 0.1) is 5.52 Å². The molecule has 2 aromatic rings. The van der Waals surface area contributed by atoms with Crippen molar-refractivity contribution in [1.82, 2.24) is 10.3 Å². The van der Waals surface area contributed by atoms with E-state index in [1.807, 2.05) is 25.2 Å². The van der Waals surface area contributed by atoms with E-state index in [4.69, 9.17) is 4.42 Å². The van der Waals surface area contributed by atoms with Crippen LogP contribution in [-0.2, 0) is 0 Å². The maximum atomic E-state index is 11.0. The molecule has 0 fully saturated rings. The number of oxazole rings is 1. The predicted octanol–water partition coefficient (Wildman–Crippen LogP) is 1.74. The summed E-state index contributed by atoms with van der Waals surface area (Å²) in [5.74, 6) is 0.578. The van der Waals surface area contributed by atoms with E-state index < -0.39 is 5.76 Å². The molecule has 0 bridgehead atoms. The van der Waals surface area contributed by atoms with Crippen molar-refractivity contribution in [3.63, 3.8) is 0 Å². The van der Waals surface area contributed by atoms with Crippen molar-refractivity contribution in [2.75, 3.05) is 19.1 Å². The lowest BCUT2D eigenvalue weighted by Crippen LogP contribution is -2.18. The van der Waals surface area contributed by atoms with Crippen LogP contribution in [0, 0.1) is 0 Å². The van der Waals surface area contributed by atoms with E-state index in [2.05, 4.69) is 16.6 Å². The van der Waals surface area contributed by atoms with Gasteiger partial charge in [-0.2, -0.15) is 11.8 Å². The van der Waals surface area contributed by atoms with E-state index in [0.29, 0.717) is 5.58 Å². The highest BCUT2D eigenvalue weighted by molar-refractivity contribution is 7.98. The second kappa shape index (κ2) is 4.76. The summed E-state index contributed by atoms with van der Waals surface area (Å²) in [5, 5.41) is 3.24. The zero-order chi connectivity index (χ0) is 11.5. The first kappa shape index (κ1) is 11.3. The third-order valence-electron chi connectivity index (χ3n) is 2.53. The summed E-state index contributed by atoms with van der Waals surface area (Å²) in [6, 6.07) is 6.07. The Bertz CT molecular complexity index is 532. The largest absolute Gasteiger partial charge is 0.417 e. The predicted molar refractivity (Wildman–Crippen MR) is 67.0 cm³/mol. The molecule has 0 aliphatic carbocycles. The number of benzene rings is 1. The fourth-order valence-corrected chi connectivity index (χ4v) is 2.38. The van der Waals surface area contributed by atoms with Crippen LogP contribution in [0.4, 0.5) is 0 Å². The van der Waals surface area contributed by atoms with E-state index >= 15 is 0 Å². The maximum absolute atomic E-state index is 11.0. The van der Waals surface area contributed by atoms with Crippen molar-refractivity contribution in [2.45, 2.75) is 6.04 Å². The minimum atomic E-state index is -0.405. The van der Waals surface area contributed by atoms with Crippen molar-refractivity contribution >= 4 is 22.9 Å². The molecular formula is C11H14N2O2S. The quantitative estimate of drug-likeness (QED) is 0.852. The maximum Gasteiger partial charge on any atom is 0.417 e. The molecule has 0 spiro atoms. The van der Waals surface area contributed by atoms with Gasteiger partial charge in [0.2, 0.25) is 0 Å². The Hall–Kier alpha value is -1.20. The summed E-state index contributed by atoms with van der Waals surface area (Å²) in [4.78, 5) is 13.7. The molecule has 0 saturated carbocycles. The minimum absolute atomic E-state index is 0.277. The van der Waals surface area contributed by atoms with Gasteiger partial charge >= 0.3 is 5.76 Å². The van der Waals surface area contributed by atoms with E-state index in [1.165, 1.54) is 0 Å². The van der Waals surface area contributed by atoms with Crippen molar-refractivity contribution in [2.24, 2.45) is 0 Å². The van der Waals surface area contributed by atoms with Crippen molar-refractivity contribution in [3.05, 3.63) is 34.3 Å². The van der Waals surface area contributed by atoms with Crippen LogP contribution in [0.5, 0.6) is 0 Å². The number of hydrogen-bond acceptors (Lipinski definition) is 4. The molecule has 0 saturated heterocycles. The molecule has 5 heteroatoms. The lowest BCUT2D eigenvalue weighted by atomic mass is 10.1. The fourth-order valence-electron chi connectivity index (χ4n) is 1.69. The number of aromatic nitrogens is 1. The molecule has 0 radical (unpaired) electrons. The normalized spacial score (nSPS) is 13.1. The summed E-state index contributed by atoms with van der Waals surface area (Å²) in [6.07, 6.45) is 2.07. The molecule has 0 amide bonds.